The Morgan fingerprint density at radius 1 is 1.53 bits per heavy atom. The van der Waals surface area contributed by atoms with Gasteiger partial charge in [0.1, 0.15) is 12.6 Å². The topological polar surface area (TPSA) is 108 Å². The summed E-state index contributed by atoms with van der Waals surface area (Å²) in [5.74, 6) is -1.48. The first-order valence-electron chi connectivity index (χ1n) is 6.09. The van der Waals surface area contributed by atoms with Crippen LogP contribution in [-0.2, 0) is 14.3 Å². The first-order valence-corrected chi connectivity index (χ1v) is 6.09. The van der Waals surface area contributed by atoms with Gasteiger partial charge in [-0.2, -0.15) is 0 Å². The Bertz CT molecular complexity index is 347. The third-order valence-electron chi connectivity index (χ3n) is 2.78. The number of piperazine rings is 1. The zero-order chi connectivity index (χ0) is 14.3. The van der Waals surface area contributed by atoms with Crippen LogP contribution < -0.4 is 10.6 Å². The molecule has 1 fully saturated rings. The van der Waals surface area contributed by atoms with Gasteiger partial charge in [-0.25, -0.2) is 9.59 Å². The maximum absolute atomic E-state index is 11.8. The Balaban J connectivity index is 2.42. The number of nitrogens with zero attached hydrogens (tertiary/aromatic N) is 1. The number of carboxylic acid groups (broad SMARTS) is 1. The van der Waals surface area contributed by atoms with Crippen LogP contribution in [0.15, 0.2) is 0 Å². The van der Waals surface area contributed by atoms with Crippen molar-refractivity contribution < 1.29 is 24.2 Å². The summed E-state index contributed by atoms with van der Waals surface area (Å²) in [6, 6.07) is -1.55. The molecule has 0 saturated carbocycles. The summed E-state index contributed by atoms with van der Waals surface area (Å²) < 4.78 is 4.87. The van der Waals surface area contributed by atoms with Crippen LogP contribution in [0.5, 0.6) is 0 Å². The molecule has 0 radical (unpaired) electrons. The Morgan fingerprint density at radius 2 is 2.26 bits per heavy atom. The highest BCUT2D eigenvalue weighted by atomic mass is 16.5. The van der Waals surface area contributed by atoms with Gasteiger partial charge in [0.05, 0.1) is 0 Å². The molecule has 1 atom stereocenters. The first kappa shape index (κ1) is 15.2. The van der Waals surface area contributed by atoms with Gasteiger partial charge in [-0.05, 0) is 12.8 Å². The van der Waals surface area contributed by atoms with E-state index >= 15 is 0 Å². The average Bonchev–Trinajstić information content (AvgIpc) is 2.37. The SMILES string of the molecule is COCCCCNC(=O)N1CC(=O)NCC1C(=O)O. The molecule has 8 nitrogen and oxygen atoms in total. The van der Waals surface area contributed by atoms with Crippen molar-refractivity contribution in [3.63, 3.8) is 0 Å². The van der Waals surface area contributed by atoms with Crippen LogP contribution in [0.4, 0.5) is 4.79 Å². The molecule has 3 amide bonds. The summed E-state index contributed by atoms with van der Waals surface area (Å²) in [7, 11) is 1.60. The highest BCUT2D eigenvalue weighted by molar-refractivity contribution is 5.90. The molecule has 3 N–H and O–H groups in total. The number of nitrogens with one attached hydrogen (secondary N) is 2. The number of amides is 3. The van der Waals surface area contributed by atoms with Crippen LogP contribution in [-0.4, -0.2) is 67.3 Å². The molecule has 19 heavy (non-hydrogen) atoms. The molecule has 0 aromatic carbocycles. The zero-order valence-electron chi connectivity index (χ0n) is 10.8. The maximum Gasteiger partial charge on any atom is 0.328 e. The molecule has 0 aliphatic carbocycles. The van der Waals surface area contributed by atoms with Crippen molar-refractivity contribution in [1.29, 1.82) is 0 Å². The van der Waals surface area contributed by atoms with E-state index in [1.807, 2.05) is 0 Å². The van der Waals surface area contributed by atoms with Gasteiger partial charge in [-0.1, -0.05) is 0 Å². The standard InChI is InChI=1S/C11H19N3O5/c1-19-5-3-2-4-12-11(18)14-7-9(15)13-6-8(14)10(16)17/h8H,2-7H2,1H3,(H,12,18)(H,13,15)(H,16,17). The predicted octanol–water partition coefficient (Wildman–Crippen LogP) is -0.992. The smallest absolute Gasteiger partial charge is 0.328 e. The first-order chi connectivity index (χ1) is 9.06. The molecular weight excluding hydrogens is 254 g/mol. The summed E-state index contributed by atoms with van der Waals surface area (Å²) in [5.41, 5.74) is 0. The highest BCUT2D eigenvalue weighted by Crippen LogP contribution is 2.05. The average molecular weight is 273 g/mol. The Kier molecular flexibility index (Phi) is 6.07. The number of rotatable bonds is 6. The van der Waals surface area contributed by atoms with Gasteiger partial charge in [0, 0.05) is 26.8 Å². The van der Waals surface area contributed by atoms with Gasteiger partial charge in [-0.15, -0.1) is 0 Å². The Morgan fingerprint density at radius 3 is 2.89 bits per heavy atom. The van der Waals surface area contributed by atoms with E-state index in [2.05, 4.69) is 10.6 Å². The van der Waals surface area contributed by atoms with E-state index in [0.29, 0.717) is 13.2 Å². The molecule has 1 aliphatic heterocycles. The number of carbonyl (C=O) groups excluding carboxylic acids is 2. The van der Waals surface area contributed by atoms with Crippen molar-refractivity contribution >= 4 is 17.9 Å². The number of carboxylic acids is 1. The summed E-state index contributed by atoms with van der Waals surface area (Å²) in [6.45, 7) is 0.735. The second-order valence-electron chi connectivity index (χ2n) is 4.22. The van der Waals surface area contributed by atoms with E-state index in [4.69, 9.17) is 9.84 Å². The minimum Gasteiger partial charge on any atom is -0.480 e. The van der Waals surface area contributed by atoms with Gasteiger partial charge >= 0.3 is 12.0 Å². The lowest BCUT2D eigenvalue weighted by molar-refractivity contribution is -0.144. The fourth-order valence-corrected chi connectivity index (χ4v) is 1.74. The molecule has 1 unspecified atom stereocenters. The lowest BCUT2D eigenvalue weighted by atomic mass is 10.2. The molecule has 1 saturated heterocycles. The Hall–Kier alpha value is -1.83. The van der Waals surface area contributed by atoms with E-state index in [0.717, 1.165) is 17.7 Å². The van der Waals surface area contributed by atoms with Crippen LogP contribution >= 0.6 is 0 Å². The number of hydrogen-bond acceptors (Lipinski definition) is 4. The van der Waals surface area contributed by atoms with E-state index in [1.54, 1.807) is 7.11 Å². The number of ether oxygens (including phenoxy) is 1. The zero-order valence-corrected chi connectivity index (χ0v) is 10.8. The lowest BCUT2D eigenvalue weighted by Crippen LogP contribution is -2.61. The van der Waals surface area contributed by atoms with E-state index < -0.39 is 18.0 Å². The number of hydrogen-bond donors (Lipinski definition) is 3. The van der Waals surface area contributed by atoms with Crippen molar-refractivity contribution in [1.82, 2.24) is 15.5 Å². The number of aliphatic carboxylic acids is 1. The third-order valence-corrected chi connectivity index (χ3v) is 2.78. The molecular formula is C11H19N3O5. The molecule has 8 heteroatoms. The molecule has 1 rings (SSSR count). The lowest BCUT2D eigenvalue weighted by Gasteiger charge is -2.32. The van der Waals surface area contributed by atoms with Gasteiger partial charge in [0.2, 0.25) is 5.91 Å². The maximum atomic E-state index is 11.8. The van der Waals surface area contributed by atoms with Crippen molar-refractivity contribution in [3.8, 4) is 0 Å². The molecule has 0 bridgehead atoms. The quantitative estimate of drug-likeness (QED) is 0.538. The molecule has 108 valence electrons. The van der Waals surface area contributed by atoms with Crippen LogP contribution in [0, 0.1) is 0 Å². The van der Waals surface area contributed by atoms with Crippen LogP contribution in [0.25, 0.3) is 0 Å². The molecule has 1 aliphatic rings. The predicted molar refractivity (Wildman–Crippen MR) is 65.6 cm³/mol. The summed E-state index contributed by atoms with van der Waals surface area (Å²) in [4.78, 5) is 35.1. The van der Waals surface area contributed by atoms with E-state index in [1.165, 1.54) is 0 Å². The summed E-state index contributed by atoms with van der Waals surface area (Å²) in [6.07, 6.45) is 1.54. The molecule has 0 spiro atoms. The van der Waals surface area contributed by atoms with Crippen LogP contribution in [0.2, 0.25) is 0 Å². The van der Waals surface area contributed by atoms with Crippen molar-refractivity contribution in [2.75, 3.05) is 33.4 Å². The van der Waals surface area contributed by atoms with Gasteiger partial charge < -0.3 is 20.5 Å². The highest BCUT2D eigenvalue weighted by Gasteiger charge is 2.34. The normalized spacial score (nSPS) is 18.9. The number of carbonyl (C=O) groups is 3. The van der Waals surface area contributed by atoms with Crippen molar-refractivity contribution in [2.24, 2.45) is 0 Å². The third kappa shape index (κ3) is 4.74. The largest absolute Gasteiger partial charge is 0.480 e. The van der Waals surface area contributed by atoms with Crippen LogP contribution in [0.1, 0.15) is 12.8 Å². The number of urea groups is 1. The second-order valence-corrected chi connectivity index (χ2v) is 4.22. The fourth-order valence-electron chi connectivity index (χ4n) is 1.74. The van der Waals surface area contributed by atoms with Gasteiger partial charge in [0.25, 0.3) is 0 Å². The number of unbranched alkanes of at least 4 members (excludes halogenated alkanes) is 1. The minimum atomic E-state index is -1.13. The van der Waals surface area contributed by atoms with Gasteiger partial charge in [-0.3, -0.25) is 9.69 Å². The van der Waals surface area contributed by atoms with Crippen LogP contribution in [0.3, 0.4) is 0 Å². The molecule has 0 aromatic heterocycles. The Labute approximate surface area is 111 Å². The minimum absolute atomic E-state index is 0.0642. The van der Waals surface area contributed by atoms with Crippen molar-refractivity contribution in [3.05, 3.63) is 0 Å². The monoisotopic (exact) mass is 273 g/mol. The van der Waals surface area contributed by atoms with E-state index in [-0.39, 0.29) is 19.0 Å². The molecule has 0 aromatic rings. The number of methoxy groups -OCH3 is 1. The molecule has 1 heterocycles. The van der Waals surface area contributed by atoms with Crippen molar-refractivity contribution in [2.45, 2.75) is 18.9 Å². The second kappa shape index (κ2) is 7.57. The fraction of sp³-hybridized carbons (Fsp3) is 0.727. The van der Waals surface area contributed by atoms with E-state index in [9.17, 15) is 14.4 Å². The summed E-state index contributed by atoms with van der Waals surface area (Å²) in [5, 5.41) is 14.0. The summed E-state index contributed by atoms with van der Waals surface area (Å²) >= 11 is 0. The van der Waals surface area contributed by atoms with Gasteiger partial charge in [0.15, 0.2) is 0 Å².